The second-order valence-electron chi connectivity index (χ2n) is 12.3. The van der Waals surface area contributed by atoms with Crippen LogP contribution in [0.2, 0.25) is 0 Å². The van der Waals surface area contributed by atoms with Crippen molar-refractivity contribution in [3.8, 4) is 0 Å². The van der Waals surface area contributed by atoms with Crippen LogP contribution in [-0.4, -0.2) is 211 Å². The van der Waals surface area contributed by atoms with E-state index in [1.165, 1.54) is 0 Å². The van der Waals surface area contributed by atoms with Crippen molar-refractivity contribution in [1.82, 2.24) is 10.6 Å². The molecule has 23 nitrogen and oxygen atoms in total. The molecule has 3 fully saturated rings. The molecule has 0 radical (unpaired) electrons. The molecule has 51 heavy (non-hydrogen) atoms. The highest BCUT2D eigenvalue weighted by atomic mass is 16.8. The van der Waals surface area contributed by atoms with E-state index in [4.69, 9.17) is 39.3 Å². The number of aliphatic hydroxyl groups excluding tert-OH is 10. The number of amides is 2. The first-order valence-electron chi connectivity index (χ1n) is 16.0. The Morgan fingerprint density at radius 2 is 1.59 bits per heavy atom. The second kappa shape index (κ2) is 19.2. The van der Waals surface area contributed by atoms with Crippen molar-refractivity contribution >= 4 is 17.8 Å². The van der Waals surface area contributed by atoms with Crippen LogP contribution in [0, 0.1) is 0 Å². The Kier molecular flexibility index (Phi) is 16.2. The summed E-state index contributed by atoms with van der Waals surface area (Å²) in [5, 5.41) is 118. The first-order chi connectivity index (χ1) is 24.0. The van der Waals surface area contributed by atoms with Gasteiger partial charge in [0.2, 0.25) is 11.8 Å². The summed E-state index contributed by atoms with van der Waals surface area (Å²) >= 11 is 0. The average molecular weight is 748 g/mol. The molecule has 23 heteroatoms. The first kappa shape index (κ1) is 43.1. The largest absolute Gasteiger partial charge is 0.477 e. The Hall–Kier alpha value is -2.27. The van der Waals surface area contributed by atoms with E-state index in [2.05, 4.69) is 10.6 Å². The number of nitrogens with two attached hydrogens (primary N) is 1. The fourth-order valence-corrected chi connectivity index (χ4v) is 5.86. The van der Waals surface area contributed by atoms with Crippen LogP contribution >= 0.6 is 0 Å². The van der Waals surface area contributed by atoms with Crippen molar-refractivity contribution in [3.05, 3.63) is 0 Å². The minimum atomic E-state index is -2.90. The van der Waals surface area contributed by atoms with E-state index in [1.807, 2.05) is 0 Å². The second-order valence-corrected chi connectivity index (χ2v) is 12.3. The summed E-state index contributed by atoms with van der Waals surface area (Å²) in [5.74, 6) is -6.50. The molecule has 15 N–H and O–H groups in total. The summed E-state index contributed by atoms with van der Waals surface area (Å²) in [5.41, 5.74) is 5.48. The van der Waals surface area contributed by atoms with Crippen LogP contribution < -0.4 is 16.4 Å². The van der Waals surface area contributed by atoms with Gasteiger partial charge in [-0.3, -0.25) is 9.59 Å². The molecule has 0 saturated carbocycles. The number of carbonyl (C=O) groups excluding carboxylic acids is 2. The summed E-state index contributed by atoms with van der Waals surface area (Å²) in [7, 11) is 0. The van der Waals surface area contributed by atoms with Crippen molar-refractivity contribution in [2.24, 2.45) is 5.73 Å². The topological polar surface area (TPSA) is 379 Å². The van der Waals surface area contributed by atoms with Gasteiger partial charge in [-0.1, -0.05) is 0 Å². The van der Waals surface area contributed by atoms with Gasteiger partial charge in [0.15, 0.2) is 12.6 Å². The maximum Gasteiger partial charge on any atom is 0.364 e. The van der Waals surface area contributed by atoms with Crippen LogP contribution in [0.15, 0.2) is 0 Å². The standard InChI is InChI=1S/C28H49N3O20/c1-10(35)30-17-20(41)23(13(7-33)48-25(17)46-4-2-3-29)50-26-22(43)21(42)19(40)14(49-26)9-47-28(27(44)45)5-11(36)16(31-15(38)8-34)24(51-28)18(39)12(37)6-32/h11-14,16-26,32-34,36-37,39-43H,2-9,29H2,1H3,(H,30,35)(H,31,38)(H,44,45)/t11-,12+,13+,14+,16+,17+,18+,19-,20+,21-,22+,23+,24+,25+,26-,28+/m0/s1. The number of carbonyl (C=O) groups is 3. The van der Waals surface area contributed by atoms with Crippen molar-refractivity contribution in [2.45, 2.75) is 117 Å². The molecule has 3 heterocycles. The molecule has 296 valence electrons. The summed E-state index contributed by atoms with van der Waals surface area (Å²) in [6.07, 6.45) is -24.3. The quantitative estimate of drug-likeness (QED) is 0.0614. The smallest absolute Gasteiger partial charge is 0.364 e. The van der Waals surface area contributed by atoms with Gasteiger partial charge in [0.05, 0.1) is 38.6 Å². The molecule has 0 aromatic heterocycles. The number of hydrogen-bond acceptors (Lipinski definition) is 20. The number of carboxylic acids is 1. The molecule has 0 bridgehead atoms. The Morgan fingerprint density at radius 1 is 0.922 bits per heavy atom. The monoisotopic (exact) mass is 747 g/mol. The van der Waals surface area contributed by atoms with Gasteiger partial charge in [-0.2, -0.15) is 0 Å². The Bertz CT molecular complexity index is 1140. The number of carboxylic acid groups (broad SMARTS) is 1. The lowest BCUT2D eigenvalue weighted by atomic mass is 9.88. The Morgan fingerprint density at radius 3 is 2.16 bits per heavy atom. The lowest BCUT2D eigenvalue weighted by Crippen LogP contribution is -2.69. The van der Waals surface area contributed by atoms with Gasteiger partial charge in [-0.05, 0) is 13.0 Å². The van der Waals surface area contributed by atoms with Crippen LogP contribution in [0.25, 0.3) is 0 Å². The molecular weight excluding hydrogens is 698 g/mol. The van der Waals surface area contributed by atoms with E-state index in [0.717, 1.165) is 6.92 Å². The van der Waals surface area contributed by atoms with E-state index in [1.54, 1.807) is 0 Å². The molecule has 0 unspecified atom stereocenters. The molecule has 0 aliphatic carbocycles. The molecule has 2 amide bonds. The van der Waals surface area contributed by atoms with Gasteiger partial charge >= 0.3 is 5.97 Å². The van der Waals surface area contributed by atoms with Crippen LogP contribution in [0.3, 0.4) is 0 Å². The van der Waals surface area contributed by atoms with E-state index < -0.39 is 148 Å². The predicted molar refractivity (Wildman–Crippen MR) is 160 cm³/mol. The molecule has 0 spiro atoms. The molecule has 0 aromatic rings. The molecular formula is C28H49N3O20. The van der Waals surface area contributed by atoms with Crippen molar-refractivity contribution in [3.63, 3.8) is 0 Å². The zero-order valence-electron chi connectivity index (χ0n) is 27.5. The average Bonchev–Trinajstić information content (AvgIpc) is 3.10. The van der Waals surface area contributed by atoms with Crippen LogP contribution in [0.5, 0.6) is 0 Å². The highest BCUT2D eigenvalue weighted by Crippen LogP contribution is 2.35. The summed E-state index contributed by atoms with van der Waals surface area (Å²) in [6.45, 7) is -2.47. The minimum Gasteiger partial charge on any atom is -0.477 e. The SMILES string of the molecule is CC(=O)N[C@H]1[C@H](OCCCN)O[C@H](CO)[C@@H](O[C@@H]2O[C@H](CO[C@]3(C(=O)O)C[C@H](O)[C@@H](NC(=O)CO)[C@H]([C@H](O)[C@H](O)CO)O3)[C@H](O)[C@H](O)[C@H]2O)[C@@H]1O. The Balaban J connectivity index is 1.83. The fourth-order valence-electron chi connectivity index (χ4n) is 5.86. The molecule has 16 atom stereocenters. The maximum atomic E-state index is 12.5. The van der Waals surface area contributed by atoms with Gasteiger partial charge in [0.1, 0.15) is 73.7 Å². The number of aliphatic hydroxyl groups is 10. The summed E-state index contributed by atoms with van der Waals surface area (Å²) in [6, 6.07) is -2.92. The van der Waals surface area contributed by atoms with Crippen molar-refractivity contribution in [2.75, 3.05) is 39.6 Å². The summed E-state index contributed by atoms with van der Waals surface area (Å²) in [4.78, 5) is 36.3. The van der Waals surface area contributed by atoms with Gasteiger partial charge in [-0.15, -0.1) is 0 Å². The normalized spacial score (nSPS) is 39.9. The lowest BCUT2D eigenvalue weighted by molar-refractivity contribution is -0.360. The van der Waals surface area contributed by atoms with Gasteiger partial charge < -0.3 is 101 Å². The maximum absolute atomic E-state index is 12.5. The van der Waals surface area contributed by atoms with Gasteiger partial charge in [-0.25, -0.2) is 4.79 Å². The highest BCUT2D eigenvalue weighted by molar-refractivity contribution is 5.78. The first-order valence-corrected chi connectivity index (χ1v) is 16.0. The minimum absolute atomic E-state index is 0.0576. The van der Waals surface area contributed by atoms with E-state index >= 15 is 0 Å². The van der Waals surface area contributed by atoms with Crippen LogP contribution in [0.1, 0.15) is 19.8 Å². The van der Waals surface area contributed by atoms with Crippen LogP contribution in [0.4, 0.5) is 0 Å². The number of aliphatic carboxylic acids is 1. The fraction of sp³-hybridized carbons (Fsp3) is 0.893. The third-order valence-corrected chi connectivity index (χ3v) is 8.58. The van der Waals surface area contributed by atoms with Crippen molar-refractivity contribution < 1.29 is 99.0 Å². The van der Waals surface area contributed by atoms with Crippen LogP contribution in [-0.2, 0) is 42.8 Å². The van der Waals surface area contributed by atoms with Crippen molar-refractivity contribution in [1.29, 1.82) is 0 Å². The number of nitrogens with one attached hydrogen (secondary N) is 2. The molecule has 3 saturated heterocycles. The van der Waals surface area contributed by atoms with E-state index in [0.29, 0.717) is 6.42 Å². The molecule has 3 aliphatic heterocycles. The van der Waals surface area contributed by atoms with Gasteiger partial charge in [0, 0.05) is 13.3 Å². The third-order valence-electron chi connectivity index (χ3n) is 8.58. The lowest BCUT2D eigenvalue weighted by Gasteiger charge is -2.48. The molecule has 3 rings (SSSR count). The molecule has 0 aromatic carbocycles. The third kappa shape index (κ3) is 10.2. The zero-order valence-corrected chi connectivity index (χ0v) is 27.5. The summed E-state index contributed by atoms with van der Waals surface area (Å²) < 4.78 is 33.6. The Labute approximate surface area is 290 Å². The number of rotatable bonds is 17. The van der Waals surface area contributed by atoms with E-state index in [9.17, 15) is 65.4 Å². The number of ether oxygens (including phenoxy) is 6. The van der Waals surface area contributed by atoms with Gasteiger partial charge in [0.25, 0.3) is 5.79 Å². The number of hydrogen-bond donors (Lipinski definition) is 14. The van der Waals surface area contributed by atoms with E-state index in [-0.39, 0.29) is 13.2 Å². The highest BCUT2D eigenvalue weighted by Gasteiger charge is 2.57. The zero-order chi connectivity index (χ0) is 38.2. The predicted octanol–water partition coefficient (Wildman–Crippen LogP) is -8.73. The molecule has 3 aliphatic rings.